The first kappa shape index (κ1) is 20.1. The van der Waals surface area contributed by atoms with Crippen molar-refractivity contribution in [1.82, 2.24) is 5.48 Å². The number of carbonyl (C=O) groups excluding carboxylic acids is 1. The van der Waals surface area contributed by atoms with Crippen LogP contribution in [0.4, 0.5) is 0 Å². The maximum absolute atomic E-state index is 10.6. The molecule has 0 radical (unpaired) electrons. The second kappa shape index (κ2) is 10.1. The van der Waals surface area contributed by atoms with Gasteiger partial charge >= 0.3 is 59.1 Å². The number of hydrogen-bond donors (Lipinski definition) is 1. The van der Waals surface area contributed by atoms with E-state index < -0.39 is 19.7 Å². The van der Waals surface area contributed by atoms with Crippen molar-refractivity contribution < 1.29 is 77.9 Å². The van der Waals surface area contributed by atoms with E-state index in [4.69, 9.17) is 0 Å². The van der Waals surface area contributed by atoms with Crippen molar-refractivity contribution in [2.24, 2.45) is 0 Å². The van der Waals surface area contributed by atoms with Crippen LogP contribution in [0.15, 0.2) is 0 Å². The van der Waals surface area contributed by atoms with E-state index in [0.717, 1.165) is 5.48 Å². The van der Waals surface area contributed by atoms with Gasteiger partial charge in [-0.05, 0) is 6.92 Å². The summed E-state index contributed by atoms with van der Waals surface area (Å²) in [7, 11) is -4.13. The molecule has 1 amide bonds. The second-order valence-electron chi connectivity index (χ2n) is 1.71. The first-order valence-corrected chi connectivity index (χ1v) is 4.60. The fourth-order valence-electron chi connectivity index (χ4n) is 0.450. The number of nitrogens with one attached hydrogen (secondary N) is 1. The number of hydrogen-bond acceptors (Lipinski definition) is 5. The summed E-state index contributed by atoms with van der Waals surface area (Å²) >= 11 is 0. The van der Waals surface area contributed by atoms with Crippen LogP contribution in [0.1, 0.15) is 6.92 Å². The average Bonchev–Trinajstić information content (AvgIpc) is 1.86. The zero-order valence-electron chi connectivity index (χ0n) is 7.90. The fraction of sp³-hybridized carbons (Fsp3) is 0.750. The number of hydroxylamine groups is 1. The molecule has 1 atom stereocenters. The Hall–Kier alpha value is 1.58. The Morgan fingerprint density at radius 1 is 1.54 bits per heavy atom. The maximum Gasteiger partial charge on any atom is 1.00 e. The van der Waals surface area contributed by atoms with Gasteiger partial charge in [0.25, 0.3) is 0 Å². The van der Waals surface area contributed by atoms with Crippen molar-refractivity contribution in [3.8, 4) is 0 Å². The molecule has 0 saturated heterocycles. The first-order chi connectivity index (χ1) is 5.02. The predicted octanol–water partition coefficient (Wildman–Crippen LogP) is -6.80. The van der Waals surface area contributed by atoms with Crippen molar-refractivity contribution in [2.45, 2.75) is 6.92 Å². The van der Waals surface area contributed by atoms with Crippen LogP contribution in [-0.4, -0.2) is 18.7 Å². The van der Waals surface area contributed by atoms with Gasteiger partial charge in [0.1, 0.15) is 7.60 Å². The quantitative estimate of drug-likeness (QED) is 0.292. The monoisotopic (exact) mass is 227 g/mol. The van der Waals surface area contributed by atoms with E-state index in [1.54, 1.807) is 0 Å². The van der Waals surface area contributed by atoms with Crippen molar-refractivity contribution in [3.05, 3.63) is 5.21 Å². The van der Waals surface area contributed by atoms with Crippen molar-refractivity contribution in [2.75, 3.05) is 12.8 Å². The molecule has 0 spiro atoms. The summed E-state index contributed by atoms with van der Waals surface area (Å²) < 4.78 is 14.8. The Kier molecular flexibility index (Phi) is 15.6. The summed E-state index contributed by atoms with van der Waals surface area (Å²) in [4.78, 5) is 20.8. The average molecular weight is 227 g/mol. The second-order valence-corrected chi connectivity index (χ2v) is 3.51. The standard InChI is InChI=1S/C4H9NO5P.2Na/c1-2-10-11(8,9)3-4(6)5-7;;/h2-3H2,1H3,(H2-,5,6,7,8,9);;/q-1;2*+1/p-1. The van der Waals surface area contributed by atoms with Gasteiger partial charge in [-0.1, -0.05) is 0 Å². The van der Waals surface area contributed by atoms with Crippen LogP contribution in [0.2, 0.25) is 0 Å². The molecule has 66 valence electrons. The van der Waals surface area contributed by atoms with Gasteiger partial charge in [-0.25, -0.2) is 0 Å². The summed E-state index contributed by atoms with van der Waals surface area (Å²) in [6.07, 6.45) is -0.898. The molecule has 0 heterocycles. The van der Waals surface area contributed by atoms with Crippen LogP contribution in [0, 0.1) is 5.21 Å². The van der Waals surface area contributed by atoms with Gasteiger partial charge in [0.15, 0.2) is 0 Å². The first-order valence-electron chi connectivity index (χ1n) is 2.87. The van der Waals surface area contributed by atoms with Gasteiger partial charge in [-0.3, -0.25) is 4.79 Å². The number of carbonyl (C=O) groups is 1. The topological polar surface area (TPSA) is 102 Å². The molecule has 0 bridgehead atoms. The number of amides is 1. The van der Waals surface area contributed by atoms with Crippen LogP contribution in [0.5, 0.6) is 0 Å². The molecular weight excluding hydrogens is 219 g/mol. The third-order valence-corrected chi connectivity index (χ3v) is 2.10. The largest absolute Gasteiger partial charge is 1.00 e. The van der Waals surface area contributed by atoms with Crippen molar-refractivity contribution >= 4 is 13.5 Å². The Balaban J connectivity index is -0.000000500. The zero-order valence-corrected chi connectivity index (χ0v) is 12.8. The summed E-state index contributed by atoms with van der Waals surface area (Å²) in [6.45, 7) is 1.44. The summed E-state index contributed by atoms with van der Waals surface area (Å²) in [5.74, 6) is -1.11. The van der Waals surface area contributed by atoms with E-state index in [9.17, 15) is 19.5 Å². The van der Waals surface area contributed by atoms with Gasteiger partial charge in [0.2, 0.25) is 5.91 Å². The van der Waals surface area contributed by atoms with Crippen LogP contribution in [0.3, 0.4) is 0 Å². The summed E-state index contributed by atoms with van der Waals surface area (Å²) in [5.41, 5.74) is 0.938. The van der Waals surface area contributed by atoms with E-state index in [0.29, 0.717) is 0 Å². The van der Waals surface area contributed by atoms with E-state index in [2.05, 4.69) is 4.52 Å². The Morgan fingerprint density at radius 2 is 2.00 bits per heavy atom. The Bertz CT molecular complexity index is 189. The molecule has 0 aliphatic heterocycles. The van der Waals surface area contributed by atoms with E-state index >= 15 is 0 Å². The minimum atomic E-state index is -4.13. The van der Waals surface area contributed by atoms with Gasteiger partial charge in [-0.15, -0.1) is 0 Å². The van der Waals surface area contributed by atoms with E-state index in [-0.39, 0.29) is 65.7 Å². The molecule has 0 aromatic rings. The predicted molar refractivity (Wildman–Crippen MR) is 35.6 cm³/mol. The van der Waals surface area contributed by atoms with Gasteiger partial charge in [0.05, 0.1) is 12.8 Å². The number of rotatable bonds is 4. The summed E-state index contributed by atoms with van der Waals surface area (Å²) in [6, 6.07) is 0. The molecule has 1 unspecified atom stereocenters. The van der Waals surface area contributed by atoms with Gasteiger partial charge < -0.3 is 24.7 Å². The molecule has 6 nitrogen and oxygen atoms in total. The SMILES string of the molecule is CCOP(=O)([O-])CC(=O)N[O-].[Na+].[Na+]. The van der Waals surface area contributed by atoms with Crippen LogP contribution in [0.25, 0.3) is 0 Å². The van der Waals surface area contributed by atoms with E-state index in [1.807, 2.05) is 0 Å². The molecule has 0 saturated carbocycles. The molecule has 0 aliphatic carbocycles. The maximum atomic E-state index is 10.6. The molecule has 0 aliphatic rings. The molecule has 0 aromatic carbocycles. The molecule has 0 aromatic heterocycles. The Morgan fingerprint density at radius 3 is 2.31 bits per heavy atom. The van der Waals surface area contributed by atoms with Crippen LogP contribution < -0.4 is 69.5 Å². The van der Waals surface area contributed by atoms with Crippen molar-refractivity contribution in [3.63, 3.8) is 0 Å². The molecule has 1 N–H and O–H groups in total. The third-order valence-electron chi connectivity index (χ3n) is 0.777. The van der Waals surface area contributed by atoms with Crippen LogP contribution in [-0.2, 0) is 13.9 Å². The smallest absolute Gasteiger partial charge is 0.778 e. The summed E-state index contributed by atoms with van der Waals surface area (Å²) in [5, 5.41) is 9.60. The third kappa shape index (κ3) is 11.5. The molecule has 0 fully saturated rings. The van der Waals surface area contributed by atoms with Gasteiger partial charge in [-0.2, -0.15) is 0 Å². The minimum absolute atomic E-state index is 0. The molecule has 0 rings (SSSR count). The zero-order chi connectivity index (χ0) is 8.91. The minimum Gasteiger partial charge on any atom is -0.778 e. The van der Waals surface area contributed by atoms with E-state index in [1.165, 1.54) is 6.92 Å². The van der Waals surface area contributed by atoms with Crippen molar-refractivity contribution in [1.29, 1.82) is 0 Å². The molecule has 9 heteroatoms. The normalized spacial score (nSPS) is 13.2. The molecule has 13 heavy (non-hydrogen) atoms. The Labute approximate surface area is 120 Å². The van der Waals surface area contributed by atoms with Gasteiger partial charge in [0, 0.05) is 0 Å². The van der Waals surface area contributed by atoms with Crippen LogP contribution >= 0.6 is 7.60 Å². The fourth-order valence-corrected chi connectivity index (χ4v) is 1.35. The molecular formula is C4H8NNa2O5P.